The molecule has 20 heavy (non-hydrogen) atoms. The zero-order chi connectivity index (χ0) is 14.9. The molecule has 1 aromatic rings. The molecule has 1 aliphatic rings. The van der Waals surface area contributed by atoms with Crippen LogP contribution in [0, 0.1) is 5.92 Å². The van der Waals surface area contributed by atoms with Gasteiger partial charge in [0, 0.05) is 27.2 Å². The van der Waals surface area contributed by atoms with Gasteiger partial charge in [-0.3, -0.25) is 4.79 Å². The van der Waals surface area contributed by atoms with E-state index in [-0.39, 0.29) is 5.91 Å². The molecule has 2 N–H and O–H groups in total. The number of hydrogen-bond acceptors (Lipinski definition) is 5. The van der Waals surface area contributed by atoms with E-state index >= 15 is 0 Å². The molecule has 6 heteroatoms. The summed E-state index contributed by atoms with van der Waals surface area (Å²) in [5, 5.41) is 0.774. The van der Waals surface area contributed by atoms with Gasteiger partial charge >= 0.3 is 0 Å². The maximum Gasteiger partial charge on any atom is 0.267 e. The number of nitrogens with zero attached hydrogens (tertiary/aromatic N) is 3. The molecule has 1 aliphatic carbocycles. The first kappa shape index (κ1) is 15.1. The lowest BCUT2D eigenvalue weighted by Gasteiger charge is -2.36. The van der Waals surface area contributed by atoms with Gasteiger partial charge in [0.15, 0.2) is 5.13 Å². The van der Waals surface area contributed by atoms with Crippen LogP contribution in [0.15, 0.2) is 0 Å². The Kier molecular flexibility index (Phi) is 4.52. The number of hydrogen-bond donors (Lipinski definition) is 1. The normalized spacial score (nSPS) is 22.6. The lowest BCUT2D eigenvalue weighted by Crippen LogP contribution is -2.42. The lowest BCUT2D eigenvalue weighted by atomic mass is 9.85. The molecule has 0 bridgehead atoms. The molecule has 5 nitrogen and oxygen atoms in total. The number of nitrogen functional groups attached to an aromatic ring is 1. The first-order valence-electron chi connectivity index (χ1n) is 7.12. The molecule has 1 amide bonds. The minimum absolute atomic E-state index is 0.00634. The average Bonchev–Trinajstić information content (AvgIpc) is 2.80. The molecule has 0 spiro atoms. The van der Waals surface area contributed by atoms with Crippen LogP contribution in [0.2, 0.25) is 0 Å². The second-order valence-electron chi connectivity index (χ2n) is 5.85. The van der Waals surface area contributed by atoms with Gasteiger partial charge in [0.05, 0.1) is 0 Å². The third-order valence-corrected chi connectivity index (χ3v) is 5.33. The van der Waals surface area contributed by atoms with Crippen LogP contribution >= 0.6 is 11.3 Å². The monoisotopic (exact) mass is 296 g/mol. The molecule has 0 aromatic carbocycles. The number of amides is 1. The van der Waals surface area contributed by atoms with Gasteiger partial charge in [-0.1, -0.05) is 31.1 Å². The summed E-state index contributed by atoms with van der Waals surface area (Å²) in [5.74, 6) is 0.908. The summed E-state index contributed by atoms with van der Waals surface area (Å²) in [6, 6.07) is 0.320. The van der Waals surface area contributed by atoms with Crippen molar-refractivity contribution in [3.63, 3.8) is 0 Å². The highest BCUT2D eigenvalue weighted by Gasteiger charge is 2.30. The van der Waals surface area contributed by atoms with E-state index in [1.807, 2.05) is 30.9 Å². The number of nitrogens with two attached hydrogens (primary N) is 1. The number of anilines is 2. The molecule has 112 valence electrons. The highest BCUT2D eigenvalue weighted by atomic mass is 32.1. The Morgan fingerprint density at radius 1 is 1.30 bits per heavy atom. The van der Waals surface area contributed by atoms with Crippen molar-refractivity contribution < 1.29 is 4.79 Å². The predicted octanol–water partition coefficient (Wildman–Crippen LogP) is 2.44. The van der Waals surface area contributed by atoms with E-state index in [9.17, 15) is 4.79 Å². The van der Waals surface area contributed by atoms with Crippen LogP contribution in [0.1, 0.15) is 42.3 Å². The third kappa shape index (κ3) is 2.90. The van der Waals surface area contributed by atoms with Gasteiger partial charge in [-0.05, 0) is 18.8 Å². The maximum atomic E-state index is 12.6. The summed E-state index contributed by atoms with van der Waals surface area (Å²) in [7, 11) is 5.70. The molecule has 2 unspecified atom stereocenters. The zero-order valence-corrected chi connectivity index (χ0v) is 13.5. The Morgan fingerprint density at radius 3 is 2.50 bits per heavy atom. The number of carbonyl (C=O) groups is 1. The van der Waals surface area contributed by atoms with Crippen molar-refractivity contribution in [3.05, 3.63) is 4.88 Å². The largest absolute Gasteiger partial charge is 0.382 e. The number of rotatable bonds is 3. The number of carbonyl (C=O) groups excluding carboxylic acids is 1. The van der Waals surface area contributed by atoms with Crippen LogP contribution < -0.4 is 10.6 Å². The molecule has 1 heterocycles. The summed E-state index contributed by atoms with van der Waals surface area (Å²) in [4.78, 5) is 21.2. The fraction of sp³-hybridized carbons (Fsp3) is 0.714. The summed E-state index contributed by atoms with van der Waals surface area (Å²) in [6.07, 6.45) is 4.76. The van der Waals surface area contributed by atoms with Gasteiger partial charge in [0.2, 0.25) is 0 Å². The highest BCUT2D eigenvalue weighted by molar-refractivity contribution is 7.18. The zero-order valence-electron chi connectivity index (χ0n) is 12.7. The second-order valence-corrected chi connectivity index (χ2v) is 6.83. The van der Waals surface area contributed by atoms with Crippen molar-refractivity contribution >= 4 is 28.2 Å². The van der Waals surface area contributed by atoms with Crippen molar-refractivity contribution in [1.82, 2.24) is 9.88 Å². The Morgan fingerprint density at radius 2 is 1.95 bits per heavy atom. The van der Waals surface area contributed by atoms with Crippen LogP contribution in [-0.4, -0.2) is 43.0 Å². The van der Waals surface area contributed by atoms with E-state index in [1.54, 1.807) is 0 Å². The van der Waals surface area contributed by atoms with E-state index < -0.39 is 0 Å². The topological polar surface area (TPSA) is 62.5 Å². The molecule has 0 radical (unpaired) electrons. The molecule has 1 aromatic heterocycles. The third-order valence-electron chi connectivity index (χ3n) is 4.10. The van der Waals surface area contributed by atoms with Crippen LogP contribution in [-0.2, 0) is 0 Å². The smallest absolute Gasteiger partial charge is 0.267 e. The first-order chi connectivity index (χ1) is 9.41. The van der Waals surface area contributed by atoms with Crippen LogP contribution in [0.5, 0.6) is 0 Å². The number of aromatic nitrogens is 1. The predicted molar refractivity (Wildman–Crippen MR) is 84.4 cm³/mol. The van der Waals surface area contributed by atoms with Gasteiger partial charge in [-0.15, -0.1) is 0 Å². The van der Waals surface area contributed by atoms with Crippen molar-refractivity contribution in [2.45, 2.75) is 38.6 Å². The molecule has 0 saturated heterocycles. The molecular weight excluding hydrogens is 272 g/mol. The quantitative estimate of drug-likeness (QED) is 0.930. The average molecular weight is 296 g/mol. The summed E-state index contributed by atoms with van der Waals surface area (Å²) in [5.41, 5.74) is 5.91. The van der Waals surface area contributed by atoms with E-state index in [0.29, 0.717) is 22.7 Å². The minimum Gasteiger partial charge on any atom is -0.382 e. The Bertz CT molecular complexity index is 486. The Labute approximate surface area is 124 Å². The summed E-state index contributed by atoms with van der Waals surface area (Å²) >= 11 is 1.37. The molecule has 2 rings (SSSR count). The minimum atomic E-state index is 0.00634. The fourth-order valence-corrected chi connectivity index (χ4v) is 3.74. The molecular formula is C14H24N4OS. The van der Waals surface area contributed by atoms with E-state index in [4.69, 9.17) is 5.73 Å². The maximum absolute atomic E-state index is 12.6. The van der Waals surface area contributed by atoms with E-state index in [1.165, 1.54) is 30.6 Å². The molecule has 0 aliphatic heterocycles. The SMILES string of the molecule is CC1CCCCC1N(C)C(=O)c1sc(N(C)C)nc1N. The Hall–Kier alpha value is -1.30. The van der Waals surface area contributed by atoms with Crippen LogP contribution in [0.3, 0.4) is 0 Å². The highest BCUT2D eigenvalue weighted by Crippen LogP contribution is 2.32. The van der Waals surface area contributed by atoms with Crippen molar-refractivity contribution in [1.29, 1.82) is 0 Å². The second kappa shape index (κ2) is 5.99. The van der Waals surface area contributed by atoms with Gasteiger partial charge in [-0.2, -0.15) is 0 Å². The first-order valence-corrected chi connectivity index (χ1v) is 7.94. The van der Waals surface area contributed by atoms with Gasteiger partial charge in [0.1, 0.15) is 10.7 Å². The van der Waals surface area contributed by atoms with Crippen LogP contribution in [0.25, 0.3) is 0 Å². The standard InChI is InChI=1S/C14H24N4OS/c1-9-7-5-6-8-10(9)18(4)13(19)11-12(15)16-14(20-11)17(2)3/h9-10H,5-8,15H2,1-4H3. The molecule has 2 atom stereocenters. The van der Waals surface area contributed by atoms with Gasteiger partial charge in [-0.25, -0.2) is 4.98 Å². The van der Waals surface area contributed by atoms with Crippen LogP contribution in [0.4, 0.5) is 10.9 Å². The van der Waals surface area contributed by atoms with Crippen molar-refractivity contribution in [3.8, 4) is 0 Å². The van der Waals surface area contributed by atoms with Gasteiger partial charge < -0.3 is 15.5 Å². The molecule has 1 saturated carbocycles. The molecule has 1 fully saturated rings. The Balaban J connectivity index is 2.17. The van der Waals surface area contributed by atoms with E-state index in [2.05, 4.69) is 11.9 Å². The summed E-state index contributed by atoms with van der Waals surface area (Å²) < 4.78 is 0. The fourth-order valence-electron chi connectivity index (χ4n) is 2.85. The van der Waals surface area contributed by atoms with E-state index in [0.717, 1.165) is 11.6 Å². The van der Waals surface area contributed by atoms with Crippen molar-refractivity contribution in [2.24, 2.45) is 5.92 Å². The lowest BCUT2D eigenvalue weighted by molar-refractivity contribution is 0.0634. The summed E-state index contributed by atoms with van der Waals surface area (Å²) in [6.45, 7) is 2.23. The van der Waals surface area contributed by atoms with Gasteiger partial charge in [0.25, 0.3) is 5.91 Å². The number of thiazole rings is 1. The van der Waals surface area contributed by atoms with Crippen molar-refractivity contribution in [2.75, 3.05) is 31.8 Å².